The van der Waals surface area contributed by atoms with E-state index < -0.39 is 0 Å². The number of hydrogen-bond acceptors (Lipinski definition) is 2. The van der Waals surface area contributed by atoms with Gasteiger partial charge in [-0.3, -0.25) is 4.90 Å². The highest BCUT2D eigenvalue weighted by Gasteiger charge is 2.35. The molecule has 1 fully saturated rings. The Kier molecular flexibility index (Phi) is 3.28. The second-order valence-electron chi connectivity index (χ2n) is 4.17. The van der Waals surface area contributed by atoms with Crippen LogP contribution in [-0.2, 0) is 0 Å². The van der Waals surface area contributed by atoms with Crippen molar-refractivity contribution in [2.45, 2.75) is 6.04 Å². The predicted octanol–water partition coefficient (Wildman–Crippen LogP) is 1.29. The summed E-state index contributed by atoms with van der Waals surface area (Å²) in [5.74, 6) is -0.362. The van der Waals surface area contributed by atoms with Crippen molar-refractivity contribution in [1.82, 2.24) is 10.2 Å². The highest BCUT2D eigenvalue weighted by Crippen LogP contribution is 2.25. The standard InChI is InChI=1S/C12H16FN3O/c1-14-7-9-8-16(12(17)15(9)2)11-6-4-3-5-10(11)13/h3-6,9,14H,7-8H2,1-2H3. The summed E-state index contributed by atoms with van der Waals surface area (Å²) in [4.78, 5) is 15.1. The third kappa shape index (κ3) is 2.10. The molecule has 1 heterocycles. The number of halogens is 1. The predicted molar refractivity (Wildman–Crippen MR) is 64.6 cm³/mol. The van der Waals surface area contributed by atoms with Crippen molar-refractivity contribution in [2.75, 3.05) is 32.1 Å². The number of nitrogens with zero attached hydrogens (tertiary/aromatic N) is 2. The van der Waals surface area contributed by atoms with Gasteiger partial charge < -0.3 is 10.2 Å². The zero-order valence-electron chi connectivity index (χ0n) is 9.98. The Morgan fingerprint density at radius 3 is 2.82 bits per heavy atom. The first-order valence-electron chi connectivity index (χ1n) is 5.58. The summed E-state index contributed by atoms with van der Waals surface area (Å²) in [5, 5.41) is 3.03. The van der Waals surface area contributed by atoms with Gasteiger partial charge in [-0.2, -0.15) is 0 Å². The summed E-state index contributed by atoms with van der Waals surface area (Å²) >= 11 is 0. The minimum absolute atomic E-state index is 0.0760. The molecular formula is C12H16FN3O. The minimum Gasteiger partial charge on any atom is -0.321 e. The van der Waals surface area contributed by atoms with Crippen LogP contribution in [0.2, 0.25) is 0 Å². The first kappa shape index (κ1) is 11.9. The molecule has 92 valence electrons. The number of anilines is 1. The molecule has 1 aromatic rings. The third-order valence-electron chi connectivity index (χ3n) is 3.06. The molecule has 1 atom stereocenters. The molecule has 1 saturated heterocycles. The van der Waals surface area contributed by atoms with Gasteiger partial charge in [-0.25, -0.2) is 9.18 Å². The molecule has 0 aromatic heterocycles. The highest BCUT2D eigenvalue weighted by molar-refractivity contribution is 5.94. The lowest BCUT2D eigenvalue weighted by Crippen LogP contribution is -2.37. The Morgan fingerprint density at radius 1 is 1.47 bits per heavy atom. The molecule has 0 spiro atoms. The van der Waals surface area contributed by atoms with Gasteiger partial charge in [0, 0.05) is 20.1 Å². The highest BCUT2D eigenvalue weighted by atomic mass is 19.1. The number of carbonyl (C=O) groups is 1. The lowest BCUT2D eigenvalue weighted by atomic mass is 10.2. The number of amides is 2. The topological polar surface area (TPSA) is 35.6 Å². The molecule has 1 aliphatic heterocycles. The SMILES string of the molecule is CNCC1CN(c2ccccc2F)C(=O)N1C. The van der Waals surface area contributed by atoms with Crippen molar-refractivity contribution in [3.05, 3.63) is 30.1 Å². The van der Waals surface area contributed by atoms with Crippen molar-refractivity contribution < 1.29 is 9.18 Å². The lowest BCUT2D eigenvalue weighted by molar-refractivity contribution is 0.218. The fraction of sp³-hybridized carbons (Fsp3) is 0.417. The van der Waals surface area contributed by atoms with Crippen molar-refractivity contribution >= 4 is 11.7 Å². The van der Waals surface area contributed by atoms with Crippen LogP contribution in [0.15, 0.2) is 24.3 Å². The second kappa shape index (κ2) is 4.71. The van der Waals surface area contributed by atoms with Gasteiger partial charge in [-0.15, -0.1) is 0 Å². The number of nitrogens with one attached hydrogen (secondary N) is 1. The van der Waals surface area contributed by atoms with Gasteiger partial charge in [-0.1, -0.05) is 12.1 Å². The Labute approximate surface area is 100 Å². The summed E-state index contributed by atoms with van der Waals surface area (Å²) in [5.41, 5.74) is 0.350. The molecule has 0 saturated carbocycles. The largest absolute Gasteiger partial charge is 0.324 e. The summed E-state index contributed by atoms with van der Waals surface area (Å²) in [6.45, 7) is 1.21. The molecule has 2 amide bonds. The van der Waals surface area contributed by atoms with E-state index in [9.17, 15) is 9.18 Å². The summed E-state index contributed by atoms with van der Waals surface area (Å²) < 4.78 is 13.6. The normalized spacial score (nSPS) is 20.2. The van der Waals surface area contributed by atoms with Crippen LogP contribution in [0.5, 0.6) is 0 Å². The van der Waals surface area contributed by atoms with Crippen molar-refractivity contribution in [2.24, 2.45) is 0 Å². The van der Waals surface area contributed by atoms with E-state index in [1.807, 2.05) is 7.05 Å². The van der Waals surface area contributed by atoms with E-state index in [1.54, 1.807) is 30.1 Å². The lowest BCUT2D eigenvalue weighted by Gasteiger charge is -2.17. The maximum Gasteiger partial charge on any atom is 0.324 e. The molecule has 1 aliphatic rings. The number of benzene rings is 1. The Bertz CT molecular complexity index is 424. The fourth-order valence-electron chi connectivity index (χ4n) is 2.07. The monoisotopic (exact) mass is 237 g/mol. The van der Waals surface area contributed by atoms with Gasteiger partial charge in [0.05, 0.1) is 11.7 Å². The number of para-hydroxylation sites is 1. The van der Waals surface area contributed by atoms with Gasteiger partial charge in [0.15, 0.2) is 0 Å². The molecule has 1 aromatic carbocycles. The van der Waals surface area contributed by atoms with Crippen LogP contribution in [0.1, 0.15) is 0 Å². The Hall–Kier alpha value is -1.62. The quantitative estimate of drug-likeness (QED) is 0.859. The van der Waals surface area contributed by atoms with E-state index >= 15 is 0 Å². The van der Waals surface area contributed by atoms with Gasteiger partial charge in [-0.05, 0) is 19.2 Å². The van der Waals surface area contributed by atoms with Gasteiger partial charge in [0.25, 0.3) is 0 Å². The van der Waals surface area contributed by atoms with E-state index in [0.29, 0.717) is 18.8 Å². The van der Waals surface area contributed by atoms with Crippen molar-refractivity contribution in [3.8, 4) is 0 Å². The third-order valence-corrected chi connectivity index (χ3v) is 3.06. The maximum atomic E-state index is 13.6. The first-order chi connectivity index (χ1) is 8.15. The van der Waals surface area contributed by atoms with E-state index in [-0.39, 0.29) is 17.9 Å². The molecule has 5 heteroatoms. The zero-order valence-corrected chi connectivity index (χ0v) is 9.98. The number of hydrogen-bond donors (Lipinski definition) is 1. The molecule has 1 unspecified atom stereocenters. The first-order valence-corrected chi connectivity index (χ1v) is 5.58. The molecule has 0 radical (unpaired) electrons. The van der Waals surface area contributed by atoms with Crippen LogP contribution in [0.3, 0.4) is 0 Å². The molecular weight excluding hydrogens is 221 g/mol. The zero-order chi connectivity index (χ0) is 12.4. The van der Waals surface area contributed by atoms with E-state index in [0.717, 1.165) is 0 Å². The summed E-state index contributed by atoms with van der Waals surface area (Å²) in [6.07, 6.45) is 0. The molecule has 0 bridgehead atoms. The smallest absolute Gasteiger partial charge is 0.321 e. The van der Waals surface area contributed by atoms with Crippen molar-refractivity contribution in [1.29, 1.82) is 0 Å². The average Bonchev–Trinajstić information content (AvgIpc) is 2.59. The maximum absolute atomic E-state index is 13.6. The summed E-state index contributed by atoms with van der Waals surface area (Å²) in [6, 6.07) is 6.27. The van der Waals surface area contributed by atoms with E-state index in [2.05, 4.69) is 5.32 Å². The number of likely N-dealkylation sites (N-methyl/N-ethyl adjacent to an activating group) is 2. The van der Waals surface area contributed by atoms with Gasteiger partial charge in [0.2, 0.25) is 0 Å². The average molecular weight is 237 g/mol. The molecule has 1 N–H and O–H groups in total. The van der Waals surface area contributed by atoms with Crippen molar-refractivity contribution in [3.63, 3.8) is 0 Å². The van der Waals surface area contributed by atoms with Crippen LogP contribution >= 0.6 is 0 Å². The molecule has 4 nitrogen and oxygen atoms in total. The Balaban J connectivity index is 2.24. The van der Waals surface area contributed by atoms with Crippen LogP contribution in [0, 0.1) is 5.82 Å². The van der Waals surface area contributed by atoms with Gasteiger partial charge in [0.1, 0.15) is 5.82 Å². The summed E-state index contributed by atoms with van der Waals surface area (Å²) in [7, 11) is 3.58. The van der Waals surface area contributed by atoms with E-state index in [1.165, 1.54) is 11.0 Å². The van der Waals surface area contributed by atoms with Crippen LogP contribution in [-0.4, -0.2) is 44.2 Å². The van der Waals surface area contributed by atoms with Gasteiger partial charge >= 0.3 is 6.03 Å². The van der Waals surface area contributed by atoms with E-state index in [4.69, 9.17) is 0 Å². The second-order valence-corrected chi connectivity index (χ2v) is 4.17. The number of urea groups is 1. The molecule has 2 rings (SSSR count). The molecule has 0 aliphatic carbocycles. The fourth-order valence-corrected chi connectivity index (χ4v) is 2.07. The van der Waals surface area contributed by atoms with Crippen LogP contribution in [0.4, 0.5) is 14.9 Å². The Morgan fingerprint density at radius 2 is 2.18 bits per heavy atom. The van der Waals surface area contributed by atoms with Crippen LogP contribution < -0.4 is 10.2 Å². The minimum atomic E-state index is -0.362. The van der Waals surface area contributed by atoms with Crippen LogP contribution in [0.25, 0.3) is 0 Å². The molecule has 17 heavy (non-hydrogen) atoms. The number of carbonyl (C=O) groups excluding carboxylic acids is 1. The number of rotatable bonds is 3.